The molecule has 3 heteroatoms. The minimum atomic E-state index is -0.667. The van der Waals surface area contributed by atoms with Gasteiger partial charge in [0.25, 0.3) is 0 Å². The Balaban J connectivity index is 2.12. The van der Waals surface area contributed by atoms with E-state index in [1.807, 2.05) is 6.08 Å². The Morgan fingerprint density at radius 2 is 1.60 bits per heavy atom. The number of halogens is 1. The van der Waals surface area contributed by atoms with Gasteiger partial charge in [-0.2, -0.15) is 0 Å². The largest absolute Gasteiger partial charge is 0.481 e. The predicted molar refractivity (Wildman–Crippen MR) is 116 cm³/mol. The molecular weight excluding hydrogens is 423 g/mol. The molecule has 0 spiro atoms. The third kappa shape index (κ3) is 10.4. The van der Waals surface area contributed by atoms with Crippen LogP contribution in [0.3, 0.4) is 0 Å². The third-order valence-electron chi connectivity index (χ3n) is 5.16. The molecule has 25 heavy (non-hydrogen) atoms. The maximum atomic E-state index is 11.6. The highest BCUT2D eigenvalue weighted by molar-refractivity contribution is 14.1. The van der Waals surface area contributed by atoms with Gasteiger partial charge in [-0.1, -0.05) is 118 Å². The zero-order valence-electron chi connectivity index (χ0n) is 16.2. The van der Waals surface area contributed by atoms with Gasteiger partial charge in [-0.05, 0) is 25.3 Å². The van der Waals surface area contributed by atoms with Crippen LogP contribution in [0, 0.1) is 5.92 Å². The smallest absolute Gasteiger partial charge is 0.310 e. The first-order valence-corrected chi connectivity index (χ1v) is 11.3. The van der Waals surface area contributed by atoms with Crippen molar-refractivity contribution in [3.05, 3.63) is 23.8 Å². The second-order valence-corrected chi connectivity index (χ2v) is 10.2. The van der Waals surface area contributed by atoms with Crippen LogP contribution >= 0.6 is 22.6 Å². The molecule has 0 aromatic carbocycles. The molecule has 144 valence electrons. The van der Waals surface area contributed by atoms with Crippen molar-refractivity contribution in [1.82, 2.24) is 0 Å². The molecular formula is C22H37IO2. The van der Waals surface area contributed by atoms with Crippen molar-refractivity contribution in [3.63, 3.8) is 0 Å². The van der Waals surface area contributed by atoms with Gasteiger partial charge in [0.2, 0.25) is 0 Å². The van der Waals surface area contributed by atoms with Gasteiger partial charge in [0.15, 0.2) is 0 Å². The number of alkyl halides is 1. The van der Waals surface area contributed by atoms with Crippen LogP contribution < -0.4 is 0 Å². The second-order valence-electron chi connectivity index (χ2n) is 7.73. The molecule has 0 fully saturated rings. The monoisotopic (exact) mass is 460 g/mol. The minimum Gasteiger partial charge on any atom is -0.481 e. The van der Waals surface area contributed by atoms with E-state index in [0.717, 1.165) is 24.8 Å². The van der Waals surface area contributed by atoms with Gasteiger partial charge in [0.05, 0.1) is 5.92 Å². The van der Waals surface area contributed by atoms with Gasteiger partial charge in [0.1, 0.15) is 0 Å². The third-order valence-corrected chi connectivity index (χ3v) is 5.96. The maximum Gasteiger partial charge on any atom is 0.310 e. The first-order chi connectivity index (χ1) is 12.0. The highest BCUT2D eigenvalue weighted by Gasteiger charge is 2.25. The van der Waals surface area contributed by atoms with Gasteiger partial charge in [-0.25, -0.2) is 0 Å². The summed E-state index contributed by atoms with van der Waals surface area (Å²) in [4.78, 5) is 11.6. The van der Waals surface area contributed by atoms with Crippen molar-refractivity contribution in [1.29, 1.82) is 0 Å². The highest BCUT2D eigenvalue weighted by atomic mass is 127. The molecule has 0 saturated carbocycles. The summed E-state index contributed by atoms with van der Waals surface area (Å²) in [6.45, 7) is 4.44. The lowest BCUT2D eigenvalue weighted by atomic mass is 9.87. The Morgan fingerprint density at radius 3 is 2.04 bits per heavy atom. The summed E-state index contributed by atoms with van der Waals surface area (Å²) in [6, 6.07) is 0. The van der Waals surface area contributed by atoms with Crippen molar-refractivity contribution in [2.75, 3.05) is 0 Å². The SMILES string of the molecule is CCCCCCCCCCCCCC(C(=O)O)C1=CCC(C)(I)C=C1. The van der Waals surface area contributed by atoms with Gasteiger partial charge >= 0.3 is 5.97 Å². The van der Waals surface area contributed by atoms with E-state index >= 15 is 0 Å². The number of rotatable bonds is 14. The van der Waals surface area contributed by atoms with Crippen molar-refractivity contribution >= 4 is 28.6 Å². The van der Waals surface area contributed by atoms with E-state index in [1.165, 1.54) is 64.2 Å². The molecule has 0 heterocycles. The quantitative estimate of drug-likeness (QED) is 0.166. The van der Waals surface area contributed by atoms with Crippen LogP contribution in [-0.2, 0) is 4.79 Å². The second kappa shape index (κ2) is 12.9. The first-order valence-electron chi connectivity index (χ1n) is 10.3. The average Bonchev–Trinajstić information content (AvgIpc) is 2.56. The van der Waals surface area contributed by atoms with Crippen molar-refractivity contribution in [2.45, 2.75) is 101 Å². The van der Waals surface area contributed by atoms with Gasteiger partial charge in [-0.3, -0.25) is 4.79 Å². The number of carbonyl (C=O) groups is 1. The zero-order chi connectivity index (χ0) is 18.5. The lowest BCUT2D eigenvalue weighted by Gasteiger charge is -2.23. The molecule has 1 rings (SSSR count). The molecule has 2 nitrogen and oxygen atoms in total. The summed E-state index contributed by atoms with van der Waals surface area (Å²) in [6.07, 6.45) is 22.4. The number of aliphatic carboxylic acids is 1. The van der Waals surface area contributed by atoms with Crippen LogP contribution in [0.25, 0.3) is 0 Å². The minimum absolute atomic E-state index is 0.140. The Labute approximate surface area is 168 Å². The molecule has 0 aromatic heterocycles. The molecule has 0 aromatic rings. The lowest BCUT2D eigenvalue weighted by molar-refractivity contribution is -0.140. The van der Waals surface area contributed by atoms with E-state index in [0.29, 0.717) is 0 Å². The summed E-state index contributed by atoms with van der Waals surface area (Å²) >= 11 is 2.42. The van der Waals surface area contributed by atoms with Crippen molar-refractivity contribution in [2.24, 2.45) is 5.92 Å². The van der Waals surface area contributed by atoms with Crippen LogP contribution in [0.15, 0.2) is 23.8 Å². The molecule has 0 saturated heterocycles. The zero-order valence-corrected chi connectivity index (χ0v) is 18.4. The van der Waals surface area contributed by atoms with Crippen LogP contribution in [0.2, 0.25) is 0 Å². The molecule has 1 N–H and O–H groups in total. The summed E-state index contributed by atoms with van der Waals surface area (Å²) < 4.78 is 0.140. The number of hydrogen-bond acceptors (Lipinski definition) is 1. The van der Waals surface area contributed by atoms with E-state index in [-0.39, 0.29) is 9.34 Å². The van der Waals surface area contributed by atoms with E-state index in [9.17, 15) is 9.90 Å². The molecule has 0 aliphatic heterocycles. The predicted octanol–water partition coefficient (Wildman–Crippen LogP) is 7.47. The fourth-order valence-corrected chi connectivity index (χ4v) is 3.83. The molecule has 0 radical (unpaired) electrons. The number of carboxylic acids is 1. The van der Waals surface area contributed by atoms with Gasteiger partial charge < -0.3 is 5.11 Å². The summed E-state index contributed by atoms with van der Waals surface area (Å²) in [5.74, 6) is -0.984. The molecule has 1 aliphatic rings. The number of allylic oxidation sites excluding steroid dienone is 3. The number of unbranched alkanes of at least 4 members (excludes halogenated alkanes) is 10. The molecule has 0 amide bonds. The van der Waals surface area contributed by atoms with Crippen LogP contribution in [0.1, 0.15) is 97.3 Å². The Bertz CT molecular complexity index is 437. The number of hydrogen-bond donors (Lipinski definition) is 1. The fourth-order valence-electron chi connectivity index (χ4n) is 3.43. The first kappa shape index (κ1) is 22.7. The maximum absolute atomic E-state index is 11.6. The molecule has 2 unspecified atom stereocenters. The van der Waals surface area contributed by atoms with E-state index in [1.54, 1.807) is 0 Å². The van der Waals surface area contributed by atoms with Crippen molar-refractivity contribution < 1.29 is 9.90 Å². The average molecular weight is 460 g/mol. The standard InChI is InChI=1S/C22H37IO2/c1-3-4-5-6-7-8-9-10-11-12-13-14-20(21(24)25)19-15-17-22(2,23)18-16-19/h15-17,20H,3-14,18H2,1-2H3,(H,24,25). The van der Waals surface area contributed by atoms with Gasteiger partial charge in [0, 0.05) is 3.42 Å². The molecule has 2 atom stereocenters. The fraction of sp³-hybridized carbons (Fsp3) is 0.773. The van der Waals surface area contributed by atoms with Gasteiger partial charge in [-0.15, -0.1) is 0 Å². The van der Waals surface area contributed by atoms with Crippen molar-refractivity contribution in [3.8, 4) is 0 Å². The molecule has 1 aliphatic carbocycles. The summed E-state index contributed by atoms with van der Waals surface area (Å²) in [5, 5.41) is 9.54. The lowest BCUT2D eigenvalue weighted by Crippen LogP contribution is -2.20. The number of carboxylic acid groups (broad SMARTS) is 1. The van der Waals surface area contributed by atoms with Crippen LogP contribution in [0.5, 0.6) is 0 Å². The Kier molecular flexibility index (Phi) is 11.8. The highest BCUT2D eigenvalue weighted by Crippen LogP contribution is 2.33. The van der Waals surface area contributed by atoms with Crippen LogP contribution in [-0.4, -0.2) is 14.5 Å². The Hall–Kier alpha value is -0.320. The summed E-state index contributed by atoms with van der Waals surface area (Å²) in [7, 11) is 0. The van der Waals surface area contributed by atoms with E-state index < -0.39 is 5.97 Å². The summed E-state index contributed by atoms with van der Waals surface area (Å²) in [5.41, 5.74) is 1.01. The molecule has 0 bridgehead atoms. The van der Waals surface area contributed by atoms with Crippen LogP contribution in [0.4, 0.5) is 0 Å². The van der Waals surface area contributed by atoms with E-state index in [2.05, 4.69) is 48.6 Å². The topological polar surface area (TPSA) is 37.3 Å². The normalized spacial score (nSPS) is 21.2. The Morgan fingerprint density at radius 1 is 1.08 bits per heavy atom. The van der Waals surface area contributed by atoms with E-state index in [4.69, 9.17) is 0 Å².